The molecule has 0 atom stereocenters. The Morgan fingerprint density at radius 1 is 1.04 bits per heavy atom. The summed E-state index contributed by atoms with van der Waals surface area (Å²) in [5.74, 6) is -3.22. The van der Waals surface area contributed by atoms with Gasteiger partial charge in [-0.3, -0.25) is 4.79 Å². The summed E-state index contributed by atoms with van der Waals surface area (Å²) in [5.41, 5.74) is 0.113. The van der Waals surface area contributed by atoms with E-state index in [1.54, 1.807) is 6.07 Å². The summed E-state index contributed by atoms with van der Waals surface area (Å²) >= 11 is 0. The Labute approximate surface area is 134 Å². The van der Waals surface area contributed by atoms with E-state index in [9.17, 15) is 18.0 Å². The van der Waals surface area contributed by atoms with Crippen molar-refractivity contribution in [3.63, 3.8) is 0 Å². The third-order valence-electron chi connectivity index (χ3n) is 3.16. The van der Waals surface area contributed by atoms with Crippen molar-refractivity contribution in [1.29, 1.82) is 0 Å². The molecule has 3 rings (SSSR count). The van der Waals surface area contributed by atoms with Crippen molar-refractivity contribution in [2.45, 2.75) is 6.54 Å². The zero-order valence-corrected chi connectivity index (χ0v) is 12.1. The lowest BCUT2D eigenvalue weighted by Gasteiger charge is -2.02. The minimum absolute atomic E-state index is 0.0455. The molecular formula is C16H10F3N3O2. The number of rotatable bonds is 4. The van der Waals surface area contributed by atoms with Gasteiger partial charge >= 0.3 is 0 Å². The first-order chi connectivity index (χ1) is 11.5. The van der Waals surface area contributed by atoms with E-state index in [0.29, 0.717) is 0 Å². The average molecular weight is 333 g/mol. The lowest BCUT2D eigenvalue weighted by atomic mass is 10.2. The highest BCUT2D eigenvalue weighted by atomic mass is 19.2. The first-order valence-electron chi connectivity index (χ1n) is 6.85. The van der Waals surface area contributed by atoms with Crippen molar-refractivity contribution in [2.75, 3.05) is 0 Å². The van der Waals surface area contributed by atoms with Crippen LogP contribution >= 0.6 is 0 Å². The molecule has 5 nitrogen and oxygen atoms in total. The van der Waals surface area contributed by atoms with E-state index in [1.165, 1.54) is 18.2 Å². The zero-order chi connectivity index (χ0) is 17.1. The summed E-state index contributed by atoms with van der Waals surface area (Å²) < 4.78 is 44.5. The maximum absolute atomic E-state index is 13.6. The Kier molecular flexibility index (Phi) is 4.28. The predicted octanol–water partition coefficient (Wildman–Crippen LogP) is 3.08. The van der Waals surface area contributed by atoms with Gasteiger partial charge in [0.1, 0.15) is 5.82 Å². The number of carbonyl (C=O) groups excluding carboxylic acids is 1. The molecule has 1 amide bonds. The standard InChI is InChI=1S/C16H10F3N3O2/c17-11-4-2-1-3-10(11)15-21-14(24-22-15)8-20-16(23)9-5-6-12(18)13(19)7-9/h1-7H,8H2,(H,20,23). The Hall–Kier alpha value is -3.16. The van der Waals surface area contributed by atoms with E-state index in [4.69, 9.17) is 4.52 Å². The van der Waals surface area contributed by atoms with E-state index in [-0.39, 0.29) is 29.4 Å². The van der Waals surface area contributed by atoms with Crippen LogP contribution in [0.15, 0.2) is 47.0 Å². The van der Waals surface area contributed by atoms with Crippen molar-refractivity contribution in [1.82, 2.24) is 15.5 Å². The molecule has 1 aromatic heterocycles. The van der Waals surface area contributed by atoms with Gasteiger partial charge in [0, 0.05) is 5.56 Å². The molecule has 0 spiro atoms. The summed E-state index contributed by atoms with van der Waals surface area (Å²) in [4.78, 5) is 15.8. The van der Waals surface area contributed by atoms with Gasteiger partial charge in [-0.25, -0.2) is 13.2 Å². The molecule has 8 heteroatoms. The maximum atomic E-state index is 13.6. The lowest BCUT2D eigenvalue weighted by molar-refractivity contribution is 0.0945. The predicted molar refractivity (Wildman–Crippen MR) is 77.2 cm³/mol. The average Bonchev–Trinajstić information content (AvgIpc) is 3.04. The van der Waals surface area contributed by atoms with Crippen LogP contribution in [0.5, 0.6) is 0 Å². The SMILES string of the molecule is O=C(NCc1nc(-c2ccccc2F)no1)c1ccc(F)c(F)c1. The third-order valence-corrected chi connectivity index (χ3v) is 3.16. The van der Waals surface area contributed by atoms with Crippen LogP contribution in [0.1, 0.15) is 16.2 Å². The minimum Gasteiger partial charge on any atom is -0.343 e. The molecule has 1 heterocycles. The van der Waals surface area contributed by atoms with Crippen molar-refractivity contribution in [2.24, 2.45) is 0 Å². The number of hydrogen-bond donors (Lipinski definition) is 1. The van der Waals surface area contributed by atoms with Gasteiger partial charge in [-0.15, -0.1) is 0 Å². The normalized spacial score (nSPS) is 10.6. The molecule has 0 unspecified atom stereocenters. The quantitative estimate of drug-likeness (QED) is 0.797. The summed E-state index contributed by atoms with van der Waals surface area (Å²) in [6.07, 6.45) is 0. The molecule has 0 bridgehead atoms. The summed E-state index contributed by atoms with van der Waals surface area (Å²) in [6.45, 7) is -0.140. The van der Waals surface area contributed by atoms with Gasteiger partial charge in [-0.1, -0.05) is 17.3 Å². The van der Waals surface area contributed by atoms with E-state index in [0.717, 1.165) is 18.2 Å². The number of hydrogen-bond acceptors (Lipinski definition) is 4. The molecule has 0 aliphatic rings. The van der Waals surface area contributed by atoms with Crippen LogP contribution in [0, 0.1) is 17.5 Å². The number of halogens is 3. The molecule has 0 radical (unpaired) electrons. The fourth-order valence-corrected chi connectivity index (χ4v) is 1.97. The molecule has 0 fully saturated rings. The number of nitrogens with one attached hydrogen (secondary N) is 1. The molecule has 1 N–H and O–H groups in total. The Morgan fingerprint density at radius 2 is 1.83 bits per heavy atom. The molecule has 3 aromatic rings. The summed E-state index contributed by atoms with van der Waals surface area (Å²) in [7, 11) is 0. The molecule has 0 saturated carbocycles. The van der Waals surface area contributed by atoms with Crippen LogP contribution in [0.3, 0.4) is 0 Å². The van der Waals surface area contributed by atoms with Gasteiger partial charge in [-0.05, 0) is 30.3 Å². The highest BCUT2D eigenvalue weighted by Crippen LogP contribution is 2.19. The second-order valence-corrected chi connectivity index (χ2v) is 4.80. The van der Waals surface area contributed by atoms with E-state index in [2.05, 4.69) is 15.5 Å². The molecule has 0 aliphatic carbocycles. The van der Waals surface area contributed by atoms with E-state index < -0.39 is 23.4 Å². The number of aromatic nitrogens is 2. The smallest absolute Gasteiger partial charge is 0.251 e. The highest BCUT2D eigenvalue weighted by molar-refractivity contribution is 5.94. The monoisotopic (exact) mass is 333 g/mol. The van der Waals surface area contributed by atoms with Crippen LogP contribution in [-0.4, -0.2) is 16.0 Å². The number of amides is 1. The van der Waals surface area contributed by atoms with Crippen molar-refractivity contribution >= 4 is 5.91 Å². The molecule has 0 saturated heterocycles. The first-order valence-corrected chi connectivity index (χ1v) is 6.85. The van der Waals surface area contributed by atoms with Crippen molar-refractivity contribution < 1.29 is 22.5 Å². The van der Waals surface area contributed by atoms with E-state index >= 15 is 0 Å². The van der Waals surface area contributed by atoms with Gasteiger partial charge in [0.2, 0.25) is 11.7 Å². The third kappa shape index (κ3) is 3.27. The number of nitrogens with zero attached hydrogens (tertiary/aromatic N) is 2. The fourth-order valence-electron chi connectivity index (χ4n) is 1.97. The topological polar surface area (TPSA) is 68.0 Å². The van der Waals surface area contributed by atoms with Crippen LogP contribution in [0.25, 0.3) is 11.4 Å². The zero-order valence-electron chi connectivity index (χ0n) is 12.1. The van der Waals surface area contributed by atoms with Crippen LogP contribution in [0.4, 0.5) is 13.2 Å². The van der Waals surface area contributed by atoms with Crippen LogP contribution in [-0.2, 0) is 6.54 Å². The molecule has 24 heavy (non-hydrogen) atoms. The molecular weight excluding hydrogens is 323 g/mol. The molecule has 0 aliphatic heterocycles. The van der Waals surface area contributed by atoms with Crippen LogP contribution in [0.2, 0.25) is 0 Å². The van der Waals surface area contributed by atoms with Gasteiger partial charge in [0.15, 0.2) is 11.6 Å². The number of carbonyl (C=O) groups is 1. The number of benzene rings is 2. The minimum atomic E-state index is -1.12. The largest absolute Gasteiger partial charge is 0.343 e. The lowest BCUT2D eigenvalue weighted by Crippen LogP contribution is -2.23. The van der Waals surface area contributed by atoms with Gasteiger partial charge in [0.05, 0.1) is 12.1 Å². The summed E-state index contributed by atoms with van der Waals surface area (Å²) in [5, 5.41) is 6.06. The van der Waals surface area contributed by atoms with E-state index in [1.807, 2.05) is 0 Å². The second-order valence-electron chi connectivity index (χ2n) is 4.80. The Morgan fingerprint density at radius 3 is 2.58 bits per heavy atom. The fraction of sp³-hybridized carbons (Fsp3) is 0.0625. The Bertz CT molecular complexity index is 896. The Balaban J connectivity index is 1.68. The second kappa shape index (κ2) is 6.53. The molecule has 2 aromatic carbocycles. The van der Waals surface area contributed by atoms with Crippen molar-refractivity contribution in [3.05, 3.63) is 71.4 Å². The van der Waals surface area contributed by atoms with Gasteiger partial charge in [0.25, 0.3) is 5.91 Å². The van der Waals surface area contributed by atoms with Gasteiger partial charge in [-0.2, -0.15) is 4.98 Å². The first kappa shape index (κ1) is 15.7. The highest BCUT2D eigenvalue weighted by Gasteiger charge is 2.14. The molecule has 122 valence electrons. The van der Waals surface area contributed by atoms with Crippen LogP contribution < -0.4 is 5.32 Å². The van der Waals surface area contributed by atoms with Crippen molar-refractivity contribution in [3.8, 4) is 11.4 Å². The van der Waals surface area contributed by atoms with Gasteiger partial charge < -0.3 is 9.84 Å². The maximum Gasteiger partial charge on any atom is 0.251 e. The summed E-state index contributed by atoms with van der Waals surface area (Å²) in [6, 6.07) is 8.68.